The van der Waals surface area contributed by atoms with Crippen LogP contribution in [0.2, 0.25) is 0 Å². The number of hydrogen-bond donors (Lipinski definition) is 0. The van der Waals surface area contributed by atoms with Gasteiger partial charge in [0.15, 0.2) is 0 Å². The van der Waals surface area contributed by atoms with Crippen molar-refractivity contribution in [2.45, 2.75) is 6.73 Å². The Morgan fingerprint density at radius 2 is 2.29 bits per heavy atom. The zero-order valence-electron chi connectivity index (χ0n) is 7.80. The number of pyridine rings is 2. The molecule has 4 heteroatoms. The predicted molar refractivity (Wildman–Crippen MR) is 53.0 cm³/mol. The van der Waals surface area contributed by atoms with Gasteiger partial charge in [-0.3, -0.25) is 14.3 Å². The van der Waals surface area contributed by atoms with Gasteiger partial charge in [0.1, 0.15) is 6.73 Å². The third kappa shape index (κ3) is 1.40. The molecule has 14 heavy (non-hydrogen) atoms. The first-order valence-electron chi connectivity index (χ1n) is 4.25. The molecule has 0 N–H and O–H groups in total. The van der Waals surface area contributed by atoms with Gasteiger partial charge in [-0.15, -0.1) is 0 Å². The van der Waals surface area contributed by atoms with E-state index < -0.39 is 0 Å². The Morgan fingerprint density at radius 1 is 1.43 bits per heavy atom. The molecule has 0 saturated heterocycles. The van der Waals surface area contributed by atoms with Crippen LogP contribution in [0.3, 0.4) is 0 Å². The topological polar surface area (TPSA) is 44.1 Å². The predicted octanol–water partition coefficient (Wildman–Crippen LogP) is 1.00. The monoisotopic (exact) mass is 190 g/mol. The molecule has 0 spiro atoms. The smallest absolute Gasteiger partial charge is 0.252 e. The van der Waals surface area contributed by atoms with Gasteiger partial charge >= 0.3 is 0 Å². The van der Waals surface area contributed by atoms with Crippen molar-refractivity contribution in [2.75, 3.05) is 7.11 Å². The molecule has 4 nitrogen and oxygen atoms in total. The molecule has 2 rings (SSSR count). The van der Waals surface area contributed by atoms with Crippen LogP contribution in [0.4, 0.5) is 0 Å². The van der Waals surface area contributed by atoms with Gasteiger partial charge in [0.05, 0.1) is 5.52 Å². The van der Waals surface area contributed by atoms with Crippen molar-refractivity contribution in [2.24, 2.45) is 0 Å². The maximum absolute atomic E-state index is 11.5. The Bertz CT molecular complexity index is 505. The van der Waals surface area contributed by atoms with Gasteiger partial charge in [-0.25, -0.2) is 0 Å². The fraction of sp³-hybridized carbons (Fsp3) is 0.200. The lowest BCUT2D eigenvalue weighted by Crippen LogP contribution is -2.20. The maximum Gasteiger partial charge on any atom is 0.252 e. The molecule has 0 aromatic carbocycles. The number of methoxy groups -OCH3 is 1. The summed E-state index contributed by atoms with van der Waals surface area (Å²) >= 11 is 0. The summed E-state index contributed by atoms with van der Waals surface area (Å²) in [6, 6.07) is 5.08. The molecule has 0 radical (unpaired) electrons. The molecule has 0 bridgehead atoms. The molecular weight excluding hydrogens is 180 g/mol. The summed E-state index contributed by atoms with van der Waals surface area (Å²) in [5.74, 6) is 0. The van der Waals surface area contributed by atoms with Crippen LogP contribution >= 0.6 is 0 Å². The highest BCUT2D eigenvalue weighted by atomic mass is 16.5. The second-order valence-corrected chi connectivity index (χ2v) is 2.95. The highest BCUT2D eigenvalue weighted by molar-refractivity contribution is 5.77. The second-order valence-electron chi connectivity index (χ2n) is 2.95. The molecule has 0 amide bonds. The average molecular weight is 190 g/mol. The first-order valence-corrected chi connectivity index (χ1v) is 4.25. The van der Waals surface area contributed by atoms with Gasteiger partial charge in [-0.2, -0.15) is 0 Å². The lowest BCUT2D eigenvalue weighted by atomic mass is 10.3. The van der Waals surface area contributed by atoms with Gasteiger partial charge < -0.3 is 4.74 Å². The van der Waals surface area contributed by atoms with E-state index in [2.05, 4.69) is 4.98 Å². The SMILES string of the molecule is COCn1c(=O)ccc2cnccc21. The Labute approximate surface area is 80.8 Å². The van der Waals surface area contributed by atoms with Crippen LogP contribution in [0.25, 0.3) is 10.9 Å². The molecule has 0 aliphatic heterocycles. The molecule has 0 aliphatic carbocycles. The summed E-state index contributed by atoms with van der Waals surface area (Å²) in [5.41, 5.74) is 0.778. The molecule has 0 atom stereocenters. The normalized spacial score (nSPS) is 10.6. The second kappa shape index (κ2) is 3.59. The molecule has 2 heterocycles. The molecule has 72 valence electrons. The van der Waals surface area contributed by atoms with Gasteiger partial charge in [-0.05, 0) is 12.1 Å². The Hall–Kier alpha value is -1.68. The number of hydrogen-bond acceptors (Lipinski definition) is 3. The van der Waals surface area contributed by atoms with Gasteiger partial charge in [-0.1, -0.05) is 0 Å². The number of fused-ring (bicyclic) bond motifs is 1. The standard InChI is InChI=1S/C10H10N2O2/c1-14-7-12-9-4-5-11-6-8(9)2-3-10(12)13/h2-6H,7H2,1H3. The molecule has 2 aromatic rings. The summed E-state index contributed by atoms with van der Waals surface area (Å²) < 4.78 is 6.53. The third-order valence-corrected chi connectivity index (χ3v) is 2.05. The van der Waals surface area contributed by atoms with E-state index in [1.165, 1.54) is 6.07 Å². The van der Waals surface area contributed by atoms with Crippen molar-refractivity contribution < 1.29 is 4.74 Å². The van der Waals surface area contributed by atoms with Crippen molar-refractivity contribution in [1.82, 2.24) is 9.55 Å². The van der Waals surface area contributed by atoms with E-state index in [1.807, 2.05) is 0 Å². The lowest BCUT2D eigenvalue weighted by Gasteiger charge is -2.07. The number of ether oxygens (including phenoxy) is 1. The summed E-state index contributed by atoms with van der Waals surface area (Å²) in [6.07, 6.45) is 3.38. The maximum atomic E-state index is 11.5. The van der Waals surface area contributed by atoms with Crippen LogP contribution in [-0.2, 0) is 11.5 Å². The molecule has 0 aliphatic rings. The number of aromatic nitrogens is 2. The van der Waals surface area contributed by atoms with E-state index in [0.717, 1.165) is 10.9 Å². The fourth-order valence-electron chi connectivity index (χ4n) is 1.41. The average Bonchev–Trinajstić information content (AvgIpc) is 2.23. The molecule has 0 unspecified atom stereocenters. The van der Waals surface area contributed by atoms with Crippen molar-refractivity contribution in [3.05, 3.63) is 40.9 Å². The first-order chi connectivity index (χ1) is 6.83. The quantitative estimate of drug-likeness (QED) is 0.709. The van der Waals surface area contributed by atoms with E-state index in [-0.39, 0.29) is 12.3 Å². The fourth-order valence-corrected chi connectivity index (χ4v) is 1.41. The van der Waals surface area contributed by atoms with Crippen LogP contribution in [-0.4, -0.2) is 16.7 Å². The summed E-state index contributed by atoms with van der Waals surface area (Å²) in [5, 5.41) is 0.934. The van der Waals surface area contributed by atoms with E-state index in [9.17, 15) is 4.79 Å². The zero-order chi connectivity index (χ0) is 9.97. The van der Waals surface area contributed by atoms with Crippen molar-refractivity contribution in [3.8, 4) is 0 Å². The van der Waals surface area contributed by atoms with Crippen LogP contribution in [0, 0.1) is 0 Å². The zero-order valence-corrected chi connectivity index (χ0v) is 7.80. The Morgan fingerprint density at radius 3 is 3.07 bits per heavy atom. The van der Waals surface area contributed by atoms with Crippen LogP contribution in [0.15, 0.2) is 35.4 Å². The highest BCUT2D eigenvalue weighted by Crippen LogP contribution is 2.08. The van der Waals surface area contributed by atoms with Crippen LogP contribution in [0.5, 0.6) is 0 Å². The Kier molecular flexibility index (Phi) is 2.28. The molecular formula is C10H10N2O2. The van der Waals surface area contributed by atoms with Gasteiger partial charge in [0.2, 0.25) is 0 Å². The lowest BCUT2D eigenvalue weighted by molar-refractivity contribution is 0.132. The van der Waals surface area contributed by atoms with Gasteiger partial charge in [0, 0.05) is 31.0 Å². The largest absolute Gasteiger partial charge is 0.364 e. The van der Waals surface area contributed by atoms with Crippen molar-refractivity contribution in [1.29, 1.82) is 0 Å². The molecule has 0 saturated carbocycles. The minimum absolute atomic E-state index is 0.0643. The van der Waals surface area contributed by atoms with E-state index in [4.69, 9.17) is 4.74 Å². The van der Waals surface area contributed by atoms with Crippen molar-refractivity contribution in [3.63, 3.8) is 0 Å². The minimum atomic E-state index is -0.0643. The van der Waals surface area contributed by atoms with Crippen LogP contribution in [0.1, 0.15) is 0 Å². The van der Waals surface area contributed by atoms with E-state index >= 15 is 0 Å². The third-order valence-electron chi connectivity index (χ3n) is 2.05. The minimum Gasteiger partial charge on any atom is -0.364 e. The van der Waals surface area contributed by atoms with E-state index in [0.29, 0.717) is 0 Å². The molecule has 2 aromatic heterocycles. The number of nitrogens with zero attached hydrogens (tertiary/aromatic N) is 2. The van der Waals surface area contributed by atoms with Crippen molar-refractivity contribution >= 4 is 10.9 Å². The Balaban J connectivity index is 2.76. The highest BCUT2D eigenvalue weighted by Gasteiger charge is 2.00. The van der Waals surface area contributed by atoms with E-state index in [1.54, 1.807) is 36.2 Å². The first kappa shape index (κ1) is 8.90. The summed E-state index contributed by atoms with van der Waals surface area (Å²) in [6.45, 7) is 0.264. The molecule has 0 fully saturated rings. The number of rotatable bonds is 2. The van der Waals surface area contributed by atoms with Crippen LogP contribution < -0.4 is 5.56 Å². The summed E-state index contributed by atoms with van der Waals surface area (Å²) in [7, 11) is 1.56. The summed E-state index contributed by atoms with van der Waals surface area (Å²) in [4.78, 5) is 15.5. The van der Waals surface area contributed by atoms with Gasteiger partial charge in [0.25, 0.3) is 5.56 Å².